The molecule has 0 saturated carbocycles. The Morgan fingerprint density at radius 1 is 1.05 bits per heavy atom. The van der Waals surface area contributed by atoms with E-state index in [4.69, 9.17) is 9.47 Å². The van der Waals surface area contributed by atoms with E-state index < -0.39 is 12.2 Å². The van der Waals surface area contributed by atoms with E-state index in [1.165, 1.54) is 5.56 Å². The topological polar surface area (TPSA) is 71.0 Å². The van der Waals surface area contributed by atoms with E-state index in [1.807, 2.05) is 18.2 Å². The van der Waals surface area contributed by atoms with Crippen LogP contribution in [0.25, 0.3) is 0 Å². The largest absolute Gasteiger partial charge is 0.492 e. The van der Waals surface area contributed by atoms with Gasteiger partial charge in [-0.05, 0) is 37.4 Å². The number of halogens is 1. The first-order valence-electron chi connectivity index (χ1n) is 7.62. The molecular formula is C16H26ClNO4. The summed E-state index contributed by atoms with van der Waals surface area (Å²) < 4.78 is 11.2. The summed E-state index contributed by atoms with van der Waals surface area (Å²) in [5.41, 5.74) is 1.18. The summed E-state index contributed by atoms with van der Waals surface area (Å²) in [6.45, 7) is 2.69. The van der Waals surface area contributed by atoms with Crippen LogP contribution in [0.15, 0.2) is 24.3 Å². The van der Waals surface area contributed by atoms with Crippen LogP contribution in [0.5, 0.6) is 5.75 Å². The number of hydrogen-bond donors (Lipinski definition) is 3. The van der Waals surface area contributed by atoms with Gasteiger partial charge in [0.25, 0.3) is 0 Å². The summed E-state index contributed by atoms with van der Waals surface area (Å²) >= 11 is 0. The molecule has 126 valence electrons. The van der Waals surface area contributed by atoms with Crippen molar-refractivity contribution in [3.05, 3.63) is 29.8 Å². The van der Waals surface area contributed by atoms with Crippen molar-refractivity contribution in [1.29, 1.82) is 0 Å². The molecule has 0 aromatic heterocycles. The summed E-state index contributed by atoms with van der Waals surface area (Å²) in [7, 11) is 0. The summed E-state index contributed by atoms with van der Waals surface area (Å²) in [6, 6.07) is 8.04. The molecule has 22 heavy (non-hydrogen) atoms. The molecule has 1 aromatic rings. The van der Waals surface area contributed by atoms with Crippen LogP contribution in [0.2, 0.25) is 0 Å². The van der Waals surface area contributed by atoms with Crippen molar-refractivity contribution >= 4 is 12.4 Å². The Balaban J connectivity index is 0.00000242. The van der Waals surface area contributed by atoms with Gasteiger partial charge in [-0.2, -0.15) is 0 Å². The molecule has 1 aliphatic rings. The number of aryl methyl sites for hydroxylation is 1. The predicted octanol–water partition coefficient (Wildman–Crippen LogP) is 1.15. The first-order chi connectivity index (χ1) is 10.3. The normalized spacial score (nSPS) is 24.8. The van der Waals surface area contributed by atoms with Crippen LogP contribution in [0, 0.1) is 0 Å². The highest BCUT2D eigenvalue weighted by Crippen LogP contribution is 2.19. The minimum absolute atomic E-state index is 0. The Labute approximate surface area is 138 Å². The standard InChI is InChI=1S/C16H25NO4.ClH/c18-14-7-8-17-9-11-21-16-6-2-1-4-13(16)5-3-10-20-12-15(14)19;/h1-2,4,6,14-15,17-19H,3,5,7-12H2;1H/t14-,15+;/m0./s1. The molecule has 6 heteroatoms. The number of aliphatic hydroxyl groups is 2. The molecule has 1 aliphatic heterocycles. The van der Waals surface area contributed by atoms with Gasteiger partial charge in [0.15, 0.2) is 0 Å². The zero-order valence-corrected chi connectivity index (χ0v) is 13.6. The maximum Gasteiger partial charge on any atom is 0.122 e. The van der Waals surface area contributed by atoms with Crippen LogP contribution in [-0.2, 0) is 11.2 Å². The zero-order valence-electron chi connectivity index (χ0n) is 12.7. The van der Waals surface area contributed by atoms with E-state index in [9.17, 15) is 10.2 Å². The van der Waals surface area contributed by atoms with Gasteiger partial charge in [0.05, 0.1) is 12.7 Å². The molecular weight excluding hydrogens is 306 g/mol. The van der Waals surface area contributed by atoms with E-state index in [2.05, 4.69) is 11.4 Å². The van der Waals surface area contributed by atoms with Crippen molar-refractivity contribution in [2.75, 3.05) is 32.9 Å². The summed E-state index contributed by atoms with van der Waals surface area (Å²) in [5, 5.41) is 22.8. The molecule has 1 heterocycles. The molecule has 0 bridgehead atoms. The van der Waals surface area contributed by atoms with Crippen LogP contribution in [0.4, 0.5) is 0 Å². The van der Waals surface area contributed by atoms with Gasteiger partial charge in [0.1, 0.15) is 18.5 Å². The monoisotopic (exact) mass is 331 g/mol. The lowest BCUT2D eigenvalue weighted by Crippen LogP contribution is -2.34. The highest BCUT2D eigenvalue weighted by molar-refractivity contribution is 5.85. The average Bonchev–Trinajstić information content (AvgIpc) is 2.50. The highest BCUT2D eigenvalue weighted by atomic mass is 35.5. The fraction of sp³-hybridized carbons (Fsp3) is 0.625. The molecule has 0 spiro atoms. The summed E-state index contributed by atoms with van der Waals surface area (Å²) in [4.78, 5) is 0. The quantitative estimate of drug-likeness (QED) is 0.665. The van der Waals surface area contributed by atoms with Gasteiger partial charge < -0.3 is 25.0 Å². The molecule has 3 N–H and O–H groups in total. The van der Waals surface area contributed by atoms with Crippen molar-refractivity contribution in [3.63, 3.8) is 0 Å². The van der Waals surface area contributed by atoms with Crippen LogP contribution in [0.3, 0.4) is 0 Å². The van der Waals surface area contributed by atoms with Crippen LogP contribution in [0.1, 0.15) is 18.4 Å². The van der Waals surface area contributed by atoms with Gasteiger partial charge in [-0.3, -0.25) is 0 Å². The van der Waals surface area contributed by atoms with Gasteiger partial charge in [-0.15, -0.1) is 12.4 Å². The number of fused-ring (bicyclic) bond motifs is 1. The van der Waals surface area contributed by atoms with Crippen molar-refractivity contribution in [2.45, 2.75) is 31.5 Å². The van der Waals surface area contributed by atoms with E-state index in [1.54, 1.807) is 0 Å². The molecule has 0 saturated heterocycles. The molecule has 2 atom stereocenters. The third-order valence-electron chi connectivity index (χ3n) is 3.59. The molecule has 0 unspecified atom stereocenters. The number of ether oxygens (including phenoxy) is 2. The third kappa shape index (κ3) is 6.50. The Bertz CT molecular complexity index is 419. The highest BCUT2D eigenvalue weighted by Gasteiger charge is 2.16. The molecule has 0 fully saturated rings. The van der Waals surface area contributed by atoms with Gasteiger partial charge in [-0.25, -0.2) is 0 Å². The summed E-state index contributed by atoms with van der Waals surface area (Å²) in [6.07, 6.45) is 0.673. The zero-order chi connectivity index (χ0) is 14.9. The van der Waals surface area contributed by atoms with E-state index >= 15 is 0 Å². The van der Waals surface area contributed by atoms with Crippen LogP contribution in [-0.4, -0.2) is 55.3 Å². The van der Waals surface area contributed by atoms with E-state index in [0.717, 1.165) is 18.6 Å². The Hall–Kier alpha value is -0.850. The van der Waals surface area contributed by atoms with Gasteiger partial charge in [0, 0.05) is 13.2 Å². The number of para-hydroxylation sites is 1. The van der Waals surface area contributed by atoms with Crippen molar-refractivity contribution in [3.8, 4) is 5.75 Å². The van der Waals surface area contributed by atoms with Crippen molar-refractivity contribution in [2.24, 2.45) is 0 Å². The molecule has 2 rings (SSSR count). The summed E-state index contributed by atoms with van der Waals surface area (Å²) in [5.74, 6) is 0.925. The number of aliphatic hydroxyl groups excluding tert-OH is 2. The van der Waals surface area contributed by atoms with Crippen molar-refractivity contribution in [1.82, 2.24) is 5.32 Å². The Morgan fingerprint density at radius 2 is 1.86 bits per heavy atom. The minimum Gasteiger partial charge on any atom is -0.492 e. The first-order valence-corrected chi connectivity index (χ1v) is 7.62. The molecule has 1 aromatic carbocycles. The second-order valence-corrected chi connectivity index (χ2v) is 5.31. The Morgan fingerprint density at radius 3 is 2.73 bits per heavy atom. The lowest BCUT2D eigenvalue weighted by Gasteiger charge is -2.17. The second kappa shape index (κ2) is 10.8. The SMILES string of the molecule is Cl.O[C@@H]1COCCCc2ccccc2OCCNCC[C@@H]1O. The van der Waals surface area contributed by atoms with E-state index in [0.29, 0.717) is 32.7 Å². The number of benzene rings is 1. The van der Waals surface area contributed by atoms with E-state index in [-0.39, 0.29) is 19.0 Å². The molecule has 0 aliphatic carbocycles. The molecule has 0 amide bonds. The smallest absolute Gasteiger partial charge is 0.122 e. The molecule has 5 nitrogen and oxygen atoms in total. The minimum atomic E-state index is -0.819. The number of rotatable bonds is 0. The van der Waals surface area contributed by atoms with Gasteiger partial charge in [-0.1, -0.05) is 18.2 Å². The number of hydrogen-bond acceptors (Lipinski definition) is 5. The fourth-order valence-electron chi connectivity index (χ4n) is 2.33. The fourth-order valence-corrected chi connectivity index (χ4v) is 2.33. The first kappa shape index (κ1) is 19.2. The van der Waals surface area contributed by atoms with Gasteiger partial charge >= 0.3 is 0 Å². The average molecular weight is 332 g/mol. The predicted molar refractivity (Wildman–Crippen MR) is 87.8 cm³/mol. The second-order valence-electron chi connectivity index (χ2n) is 5.31. The maximum absolute atomic E-state index is 9.78. The third-order valence-corrected chi connectivity index (χ3v) is 3.59. The lowest BCUT2D eigenvalue weighted by molar-refractivity contribution is -0.0404. The van der Waals surface area contributed by atoms with Crippen LogP contribution >= 0.6 is 12.4 Å². The van der Waals surface area contributed by atoms with Crippen LogP contribution < -0.4 is 10.1 Å². The molecule has 0 radical (unpaired) electrons. The van der Waals surface area contributed by atoms with Gasteiger partial charge in [0.2, 0.25) is 0 Å². The van der Waals surface area contributed by atoms with Crippen molar-refractivity contribution < 1.29 is 19.7 Å². The lowest BCUT2D eigenvalue weighted by atomic mass is 10.1. The Kier molecular flexibility index (Phi) is 9.43. The maximum atomic E-state index is 9.78. The number of nitrogens with one attached hydrogen (secondary N) is 1.